The highest BCUT2D eigenvalue weighted by atomic mass is 16.6. The maximum atomic E-state index is 10.4. The largest absolute Gasteiger partial charge is 0.269 e. The van der Waals surface area contributed by atoms with Crippen molar-refractivity contribution >= 4 is 5.69 Å². The molecule has 1 heterocycles. The molecular formula is C7H5N5O2. The highest BCUT2D eigenvalue weighted by Crippen LogP contribution is 2.13. The normalized spacial score (nSPS) is 10.0. The molecule has 2 aromatic rings. The first kappa shape index (κ1) is 8.30. The summed E-state index contributed by atoms with van der Waals surface area (Å²) >= 11 is 0. The Kier molecular flexibility index (Phi) is 1.90. The standard InChI is InChI=1S/C7H5N5O2/c13-12(14)7-3-1-6(2-4-7)11-5-8-9-10-11/h1-5H. The number of nitro benzene ring substituents is 1. The number of nitrogens with zero attached hydrogens (tertiary/aromatic N) is 5. The number of aromatic nitrogens is 4. The Morgan fingerprint density at radius 1 is 1.29 bits per heavy atom. The topological polar surface area (TPSA) is 86.7 Å². The van der Waals surface area contributed by atoms with E-state index in [4.69, 9.17) is 0 Å². The molecule has 0 saturated carbocycles. The number of nitro groups is 1. The first-order chi connectivity index (χ1) is 6.77. The molecule has 14 heavy (non-hydrogen) atoms. The third-order valence-electron chi connectivity index (χ3n) is 1.67. The Labute approximate surface area is 78.1 Å². The quantitative estimate of drug-likeness (QED) is 0.511. The second-order valence-corrected chi connectivity index (χ2v) is 2.53. The second-order valence-electron chi connectivity index (χ2n) is 2.53. The van der Waals surface area contributed by atoms with E-state index in [1.165, 1.54) is 23.1 Å². The Hall–Kier alpha value is -2.31. The number of benzene rings is 1. The molecular weight excluding hydrogens is 186 g/mol. The van der Waals surface area contributed by atoms with E-state index in [-0.39, 0.29) is 5.69 Å². The lowest BCUT2D eigenvalue weighted by Crippen LogP contribution is -1.95. The molecule has 70 valence electrons. The molecule has 0 amide bonds. The van der Waals surface area contributed by atoms with Crippen LogP contribution in [0.15, 0.2) is 30.6 Å². The van der Waals surface area contributed by atoms with E-state index in [1.54, 1.807) is 12.1 Å². The van der Waals surface area contributed by atoms with Gasteiger partial charge in [-0.15, -0.1) is 5.10 Å². The molecule has 0 spiro atoms. The molecule has 0 N–H and O–H groups in total. The van der Waals surface area contributed by atoms with Crippen molar-refractivity contribution in [3.8, 4) is 5.69 Å². The van der Waals surface area contributed by atoms with Crippen LogP contribution in [-0.4, -0.2) is 25.1 Å². The second kappa shape index (κ2) is 3.21. The summed E-state index contributed by atoms with van der Waals surface area (Å²) in [5.41, 5.74) is 0.724. The van der Waals surface area contributed by atoms with Gasteiger partial charge in [-0.05, 0) is 22.6 Å². The predicted molar refractivity (Wildman–Crippen MR) is 45.8 cm³/mol. The highest BCUT2D eigenvalue weighted by Gasteiger charge is 2.04. The number of tetrazole rings is 1. The first-order valence-electron chi connectivity index (χ1n) is 3.75. The van der Waals surface area contributed by atoms with E-state index in [0.717, 1.165) is 0 Å². The van der Waals surface area contributed by atoms with Crippen LogP contribution in [-0.2, 0) is 0 Å². The van der Waals surface area contributed by atoms with E-state index in [9.17, 15) is 10.1 Å². The highest BCUT2D eigenvalue weighted by molar-refractivity contribution is 5.39. The molecule has 0 aliphatic rings. The van der Waals surface area contributed by atoms with Crippen LogP contribution >= 0.6 is 0 Å². The Morgan fingerprint density at radius 2 is 2.00 bits per heavy atom. The van der Waals surface area contributed by atoms with Gasteiger partial charge in [0, 0.05) is 12.1 Å². The smallest absolute Gasteiger partial charge is 0.258 e. The number of hydrogen-bond donors (Lipinski definition) is 0. The van der Waals surface area contributed by atoms with Gasteiger partial charge in [0.1, 0.15) is 6.33 Å². The van der Waals surface area contributed by atoms with Crippen molar-refractivity contribution < 1.29 is 4.92 Å². The summed E-state index contributed by atoms with van der Waals surface area (Å²) in [6, 6.07) is 5.96. The zero-order chi connectivity index (χ0) is 9.97. The minimum atomic E-state index is -0.455. The molecule has 1 aromatic heterocycles. The molecule has 0 unspecified atom stereocenters. The Morgan fingerprint density at radius 3 is 2.50 bits per heavy atom. The fourth-order valence-electron chi connectivity index (χ4n) is 1.01. The lowest BCUT2D eigenvalue weighted by molar-refractivity contribution is -0.384. The van der Waals surface area contributed by atoms with Gasteiger partial charge in [-0.25, -0.2) is 4.68 Å². The Bertz CT molecular complexity index is 436. The van der Waals surface area contributed by atoms with Crippen LogP contribution in [0.3, 0.4) is 0 Å². The van der Waals surface area contributed by atoms with E-state index in [1.807, 2.05) is 0 Å². The van der Waals surface area contributed by atoms with Gasteiger partial charge in [0.2, 0.25) is 0 Å². The predicted octanol–water partition coefficient (Wildman–Crippen LogP) is 0.570. The molecule has 0 fully saturated rings. The third kappa shape index (κ3) is 1.42. The third-order valence-corrected chi connectivity index (χ3v) is 1.67. The van der Waals surface area contributed by atoms with Crippen LogP contribution < -0.4 is 0 Å². The summed E-state index contributed by atoms with van der Waals surface area (Å²) in [5, 5.41) is 20.9. The summed E-state index contributed by atoms with van der Waals surface area (Å²) in [7, 11) is 0. The van der Waals surface area contributed by atoms with Crippen LogP contribution in [0.4, 0.5) is 5.69 Å². The average molecular weight is 191 g/mol. The van der Waals surface area contributed by atoms with Gasteiger partial charge in [0.25, 0.3) is 5.69 Å². The number of rotatable bonds is 2. The fourth-order valence-corrected chi connectivity index (χ4v) is 1.01. The fraction of sp³-hybridized carbons (Fsp3) is 0. The van der Waals surface area contributed by atoms with Gasteiger partial charge >= 0.3 is 0 Å². The van der Waals surface area contributed by atoms with Crippen LogP contribution in [0.25, 0.3) is 5.69 Å². The van der Waals surface area contributed by atoms with Crippen molar-refractivity contribution in [1.29, 1.82) is 0 Å². The lowest BCUT2D eigenvalue weighted by atomic mass is 10.3. The van der Waals surface area contributed by atoms with Gasteiger partial charge < -0.3 is 0 Å². The van der Waals surface area contributed by atoms with Crippen molar-refractivity contribution in [2.75, 3.05) is 0 Å². The van der Waals surface area contributed by atoms with Crippen LogP contribution in [0.1, 0.15) is 0 Å². The molecule has 0 aliphatic heterocycles. The van der Waals surface area contributed by atoms with Crippen molar-refractivity contribution in [3.63, 3.8) is 0 Å². The SMILES string of the molecule is O=[N+]([O-])c1ccc(-n2cnnn2)cc1. The van der Waals surface area contributed by atoms with Gasteiger partial charge in [0.15, 0.2) is 0 Å². The molecule has 1 aromatic carbocycles. The molecule has 0 aliphatic carbocycles. The van der Waals surface area contributed by atoms with Crippen LogP contribution in [0, 0.1) is 10.1 Å². The molecule has 7 nitrogen and oxygen atoms in total. The molecule has 2 rings (SSSR count). The maximum Gasteiger partial charge on any atom is 0.269 e. The average Bonchev–Trinajstić information content (AvgIpc) is 2.71. The van der Waals surface area contributed by atoms with Crippen molar-refractivity contribution in [1.82, 2.24) is 20.2 Å². The summed E-state index contributed by atoms with van der Waals surface area (Å²) in [6.45, 7) is 0. The zero-order valence-electron chi connectivity index (χ0n) is 6.94. The summed E-state index contributed by atoms with van der Waals surface area (Å²) in [6.07, 6.45) is 1.42. The van der Waals surface area contributed by atoms with Gasteiger partial charge in [0.05, 0.1) is 10.6 Å². The van der Waals surface area contributed by atoms with E-state index < -0.39 is 4.92 Å². The Balaban J connectivity index is 2.36. The van der Waals surface area contributed by atoms with Crippen molar-refractivity contribution in [2.24, 2.45) is 0 Å². The van der Waals surface area contributed by atoms with Crippen LogP contribution in [0.5, 0.6) is 0 Å². The first-order valence-corrected chi connectivity index (χ1v) is 3.75. The minimum absolute atomic E-state index is 0.0434. The molecule has 0 saturated heterocycles. The van der Waals surface area contributed by atoms with Gasteiger partial charge in [-0.2, -0.15) is 0 Å². The molecule has 0 radical (unpaired) electrons. The van der Waals surface area contributed by atoms with Crippen LogP contribution in [0.2, 0.25) is 0 Å². The van der Waals surface area contributed by atoms with Gasteiger partial charge in [-0.1, -0.05) is 0 Å². The lowest BCUT2D eigenvalue weighted by Gasteiger charge is -1.96. The maximum absolute atomic E-state index is 10.4. The minimum Gasteiger partial charge on any atom is -0.258 e. The summed E-state index contributed by atoms with van der Waals surface area (Å²) in [5.74, 6) is 0. The van der Waals surface area contributed by atoms with E-state index in [0.29, 0.717) is 5.69 Å². The molecule has 0 bridgehead atoms. The number of hydrogen-bond acceptors (Lipinski definition) is 5. The molecule has 0 atom stereocenters. The van der Waals surface area contributed by atoms with E-state index >= 15 is 0 Å². The van der Waals surface area contributed by atoms with Crippen molar-refractivity contribution in [2.45, 2.75) is 0 Å². The van der Waals surface area contributed by atoms with E-state index in [2.05, 4.69) is 15.5 Å². The summed E-state index contributed by atoms with van der Waals surface area (Å²) in [4.78, 5) is 9.90. The van der Waals surface area contributed by atoms with Crippen molar-refractivity contribution in [3.05, 3.63) is 40.7 Å². The zero-order valence-corrected chi connectivity index (χ0v) is 6.94. The summed E-state index contributed by atoms with van der Waals surface area (Å²) < 4.78 is 1.42. The number of non-ortho nitro benzene ring substituents is 1. The van der Waals surface area contributed by atoms with Gasteiger partial charge in [-0.3, -0.25) is 10.1 Å². The monoisotopic (exact) mass is 191 g/mol. The molecule has 7 heteroatoms.